The standard InChI is InChI=1S/C20H28N2O3S/c1-15-8-10-16(11-9-15)6-5-7-18(23)21-12-3-4-13-22-19(24)14-17(26-2)20(22)25/h8-11,17H,3-7,12-14H2,1-2H3,(H,21,23). The molecule has 26 heavy (non-hydrogen) atoms. The number of carbonyl (C=O) groups excluding carboxylic acids is 3. The van der Waals surface area contributed by atoms with Crippen LogP contribution >= 0.6 is 11.8 Å². The van der Waals surface area contributed by atoms with E-state index in [0.29, 0.717) is 25.9 Å². The van der Waals surface area contributed by atoms with Gasteiger partial charge in [0, 0.05) is 25.9 Å². The van der Waals surface area contributed by atoms with Crippen LogP contribution in [0.5, 0.6) is 0 Å². The van der Waals surface area contributed by atoms with E-state index >= 15 is 0 Å². The van der Waals surface area contributed by atoms with Gasteiger partial charge in [-0.05, 0) is 44.4 Å². The van der Waals surface area contributed by atoms with Crippen molar-refractivity contribution in [1.29, 1.82) is 0 Å². The summed E-state index contributed by atoms with van der Waals surface area (Å²) in [6.07, 6.45) is 5.93. The van der Waals surface area contributed by atoms with Crippen LogP contribution in [0.3, 0.4) is 0 Å². The molecule has 1 heterocycles. The molecule has 2 rings (SSSR count). The Bertz CT molecular complexity index is 630. The maximum atomic E-state index is 12.0. The van der Waals surface area contributed by atoms with E-state index in [1.807, 2.05) is 6.26 Å². The van der Waals surface area contributed by atoms with Crippen molar-refractivity contribution in [3.05, 3.63) is 35.4 Å². The van der Waals surface area contributed by atoms with Gasteiger partial charge < -0.3 is 5.32 Å². The van der Waals surface area contributed by atoms with Crippen LogP contribution < -0.4 is 5.32 Å². The predicted octanol–water partition coefficient (Wildman–Crippen LogP) is 2.70. The molecule has 0 spiro atoms. The number of rotatable bonds is 10. The predicted molar refractivity (Wildman–Crippen MR) is 105 cm³/mol. The quantitative estimate of drug-likeness (QED) is 0.504. The van der Waals surface area contributed by atoms with Gasteiger partial charge in [0.1, 0.15) is 0 Å². The number of aryl methyl sites for hydroxylation is 2. The van der Waals surface area contributed by atoms with Gasteiger partial charge in [-0.3, -0.25) is 19.3 Å². The summed E-state index contributed by atoms with van der Waals surface area (Å²) in [5.74, 6) is -0.0787. The third-order valence-corrected chi connectivity index (χ3v) is 5.54. The number of unbranched alkanes of at least 4 members (excludes halogenated alkanes) is 1. The van der Waals surface area contributed by atoms with Gasteiger partial charge in [0.2, 0.25) is 17.7 Å². The van der Waals surface area contributed by atoms with E-state index < -0.39 is 0 Å². The number of amides is 3. The number of likely N-dealkylation sites (tertiary alicyclic amines) is 1. The average molecular weight is 377 g/mol. The number of hydrogen-bond acceptors (Lipinski definition) is 4. The van der Waals surface area contributed by atoms with Crippen LogP contribution in [0.4, 0.5) is 0 Å². The molecular weight excluding hydrogens is 348 g/mol. The maximum Gasteiger partial charge on any atom is 0.242 e. The van der Waals surface area contributed by atoms with E-state index in [1.165, 1.54) is 27.8 Å². The van der Waals surface area contributed by atoms with Crippen LogP contribution in [-0.2, 0) is 20.8 Å². The van der Waals surface area contributed by atoms with Crippen molar-refractivity contribution in [2.45, 2.75) is 50.7 Å². The molecule has 0 saturated carbocycles. The van der Waals surface area contributed by atoms with Crippen LogP contribution in [0, 0.1) is 6.92 Å². The third kappa shape index (κ3) is 6.16. The number of thioether (sulfide) groups is 1. The molecule has 0 aliphatic carbocycles. The Labute approximate surface area is 159 Å². The Morgan fingerprint density at radius 3 is 2.58 bits per heavy atom. The van der Waals surface area contributed by atoms with Crippen molar-refractivity contribution >= 4 is 29.5 Å². The first-order chi connectivity index (χ1) is 12.5. The Kier molecular flexibility index (Phi) is 8.16. The fourth-order valence-corrected chi connectivity index (χ4v) is 3.63. The van der Waals surface area contributed by atoms with Gasteiger partial charge in [0.15, 0.2) is 0 Å². The van der Waals surface area contributed by atoms with E-state index in [2.05, 4.69) is 36.5 Å². The molecule has 1 aliphatic rings. The second kappa shape index (κ2) is 10.4. The Morgan fingerprint density at radius 2 is 1.92 bits per heavy atom. The van der Waals surface area contributed by atoms with Gasteiger partial charge in [-0.25, -0.2) is 0 Å². The van der Waals surface area contributed by atoms with E-state index in [-0.39, 0.29) is 23.0 Å². The average Bonchev–Trinajstić information content (AvgIpc) is 2.90. The summed E-state index contributed by atoms with van der Waals surface area (Å²) in [6, 6.07) is 8.39. The number of imide groups is 1. The third-order valence-electron chi connectivity index (χ3n) is 4.61. The first kappa shape index (κ1) is 20.5. The van der Waals surface area contributed by atoms with Gasteiger partial charge in [0.25, 0.3) is 0 Å². The van der Waals surface area contributed by atoms with Gasteiger partial charge in [-0.1, -0.05) is 29.8 Å². The zero-order chi connectivity index (χ0) is 18.9. The highest BCUT2D eigenvalue weighted by Gasteiger charge is 2.37. The SMILES string of the molecule is CSC1CC(=O)N(CCCCNC(=O)CCCc2ccc(C)cc2)C1=O. The summed E-state index contributed by atoms with van der Waals surface area (Å²) in [5, 5.41) is 2.70. The number of carbonyl (C=O) groups is 3. The molecule has 1 unspecified atom stereocenters. The van der Waals surface area contributed by atoms with Gasteiger partial charge in [-0.15, -0.1) is 0 Å². The molecule has 1 fully saturated rings. The lowest BCUT2D eigenvalue weighted by molar-refractivity contribution is -0.138. The fraction of sp³-hybridized carbons (Fsp3) is 0.550. The van der Waals surface area contributed by atoms with Crippen LogP contribution in [0.2, 0.25) is 0 Å². The fourth-order valence-electron chi connectivity index (χ4n) is 2.99. The lowest BCUT2D eigenvalue weighted by atomic mass is 10.1. The second-order valence-corrected chi connectivity index (χ2v) is 7.75. The summed E-state index contributed by atoms with van der Waals surface area (Å²) in [7, 11) is 0. The molecule has 1 atom stereocenters. The normalized spacial score (nSPS) is 17.0. The molecule has 1 aromatic rings. The van der Waals surface area contributed by atoms with Crippen molar-refractivity contribution in [3.8, 4) is 0 Å². The lowest BCUT2D eigenvalue weighted by Crippen LogP contribution is -2.33. The van der Waals surface area contributed by atoms with Gasteiger partial charge >= 0.3 is 0 Å². The molecule has 1 N–H and O–H groups in total. The first-order valence-electron chi connectivity index (χ1n) is 9.20. The second-order valence-electron chi connectivity index (χ2n) is 6.71. The molecule has 0 radical (unpaired) electrons. The van der Waals surface area contributed by atoms with Gasteiger partial charge in [-0.2, -0.15) is 11.8 Å². The number of nitrogens with one attached hydrogen (secondary N) is 1. The van der Waals surface area contributed by atoms with Gasteiger partial charge in [0.05, 0.1) is 5.25 Å². The minimum atomic E-state index is -0.212. The molecule has 5 nitrogen and oxygen atoms in total. The largest absolute Gasteiger partial charge is 0.356 e. The van der Waals surface area contributed by atoms with Crippen LogP contribution in [0.25, 0.3) is 0 Å². The van der Waals surface area contributed by atoms with Crippen LogP contribution in [0.1, 0.15) is 43.2 Å². The Morgan fingerprint density at radius 1 is 1.19 bits per heavy atom. The minimum absolute atomic E-state index is 0.0629. The van der Waals surface area contributed by atoms with Crippen LogP contribution in [0.15, 0.2) is 24.3 Å². The molecule has 1 saturated heterocycles. The van der Waals surface area contributed by atoms with Crippen LogP contribution in [-0.4, -0.2) is 47.2 Å². The smallest absolute Gasteiger partial charge is 0.242 e. The number of benzene rings is 1. The topological polar surface area (TPSA) is 66.5 Å². The minimum Gasteiger partial charge on any atom is -0.356 e. The Hall–Kier alpha value is -1.82. The summed E-state index contributed by atoms with van der Waals surface area (Å²) < 4.78 is 0. The molecule has 0 aromatic heterocycles. The molecule has 0 bridgehead atoms. The van der Waals surface area contributed by atoms with Crippen molar-refractivity contribution in [2.75, 3.05) is 19.3 Å². The van der Waals surface area contributed by atoms with Crippen molar-refractivity contribution < 1.29 is 14.4 Å². The Balaban J connectivity index is 1.54. The monoisotopic (exact) mass is 376 g/mol. The summed E-state index contributed by atoms with van der Waals surface area (Å²) in [4.78, 5) is 37.0. The summed E-state index contributed by atoms with van der Waals surface area (Å²) >= 11 is 1.43. The zero-order valence-electron chi connectivity index (χ0n) is 15.6. The number of hydrogen-bond donors (Lipinski definition) is 1. The van der Waals surface area contributed by atoms with Crippen molar-refractivity contribution in [2.24, 2.45) is 0 Å². The van der Waals surface area contributed by atoms with E-state index in [4.69, 9.17) is 0 Å². The maximum absolute atomic E-state index is 12.0. The molecule has 142 valence electrons. The highest BCUT2D eigenvalue weighted by Crippen LogP contribution is 2.23. The summed E-state index contributed by atoms with van der Waals surface area (Å²) in [5.41, 5.74) is 2.50. The molecule has 3 amide bonds. The molecular formula is C20H28N2O3S. The van der Waals surface area contributed by atoms with Crippen molar-refractivity contribution in [3.63, 3.8) is 0 Å². The summed E-state index contributed by atoms with van der Waals surface area (Å²) in [6.45, 7) is 3.11. The molecule has 1 aromatic carbocycles. The van der Waals surface area contributed by atoms with E-state index in [9.17, 15) is 14.4 Å². The highest BCUT2D eigenvalue weighted by atomic mass is 32.2. The molecule has 1 aliphatic heterocycles. The zero-order valence-corrected chi connectivity index (χ0v) is 16.4. The highest BCUT2D eigenvalue weighted by molar-refractivity contribution is 8.00. The van der Waals surface area contributed by atoms with Crippen molar-refractivity contribution in [1.82, 2.24) is 10.2 Å². The number of nitrogens with zero attached hydrogens (tertiary/aromatic N) is 1. The first-order valence-corrected chi connectivity index (χ1v) is 10.5. The van der Waals surface area contributed by atoms with E-state index in [0.717, 1.165) is 25.7 Å². The lowest BCUT2D eigenvalue weighted by Gasteiger charge is -2.14. The molecule has 6 heteroatoms. The van der Waals surface area contributed by atoms with E-state index in [1.54, 1.807) is 0 Å².